The van der Waals surface area contributed by atoms with Crippen LogP contribution in [0.4, 0.5) is 0 Å². The minimum absolute atomic E-state index is 0.0828. The van der Waals surface area contributed by atoms with Gasteiger partial charge in [-0.25, -0.2) is 4.98 Å². The molecule has 2 N–H and O–H groups in total. The highest BCUT2D eigenvalue weighted by Crippen LogP contribution is 1.98. The van der Waals surface area contributed by atoms with Crippen LogP contribution in [0.5, 0.6) is 0 Å². The van der Waals surface area contributed by atoms with Crippen molar-refractivity contribution in [3.05, 3.63) is 29.6 Å². The molecular formula is C12H14N4O2. The Morgan fingerprint density at radius 3 is 2.72 bits per heavy atom. The van der Waals surface area contributed by atoms with Gasteiger partial charge in [-0.1, -0.05) is 6.92 Å². The van der Waals surface area contributed by atoms with Gasteiger partial charge < -0.3 is 10.6 Å². The molecule has 0 saturated heterocycles. The van der Waals surface area contributed by atoms with Crippen LogP contribution in [0.2, 0.25) is 0 Å². The van der Waals surface area contributed by atoms with Gasteiger partial charge in [-0.05, 0) is 18.6 Å². The van der Waals surface area contributed by atoms with Crippen molar-refractivity contribution in [3.63, 3.8) is 0 Å². The number of nitriles is 1. The van der Waals surface area contributed by atoms with Crippen molar-refractivity contribution in [2.24, 2.45) is 0 Å². The number of nitrogens with one attached hydrogen (secondary N) is 2. The number of hydrogen-bond donors (Lipinski definition) is 2. The van der Waals surface area contributed by atoms with Crippen LogP contribution in [0.1, 0.15) is 29.4 Å². The molecule has 18 heavy (non-hydrogen) atoms. The minimum atomic E-state index is -0.439. The van der Waals surface area contributed by atoms with Crippen LogP contribution < -0.4 is 10.6 Å². The minimum Gasteiger partial charge on any atom is -0.355 e. The van der Waals surface area contributed by atoms with E-state index in [1.54, 1.807) is 0 Å². The van der Waals surface area contributed by atoms with E-state index in [0.29, 0.717) is 12.1 Å². The lowest BCUT2D eigenvalue weighted by Crippen LogP contribution is -2.37. The largest absolute Gasteiger partial charge is 0.355 e. The van der Waals surface area contributed by atoms with Gasteiger partial charge in [0, 0.05) is 12.7 Å². The number of carbonyl (C=O) groups is 2. The molecule has 1 aromatic heterocycles. The molecule has 6 heteroatoms. The molecule has 1 heterocycles. The van der Waals surface area contributed by atoms with Gasteiger partial charge in [-0.3, -0.25) is 9.59 Å². The van der Waals surface area contributed by atoms with E-state index in [-0.39, 0.29) is 18.1 Å². The van der Waals surface area contributed by atoms with Crippen LogP contribution in [-0.4, -0.2) is 29.9 Å². The Hall–Kier alpha value is -2.42. The Bertz CT molecular complexity index is 462. The van der Waals surface area contributed by atoms with E-state index < -0.39 is 5.91 Å². The van der Waals surface area contributed by atoms with Crippen LogP contribution >= 0.6 is 0 Å². The molecule has 1 rings (SSSR count). The number of aromatic nitrogens is 1. The smallest absolute Gasteiger partial charge is 0.270 e. The van der Waals surface area contributed by atoms with Crippen LogP contribution in [0.15, 0.2) is 18.3 Å². The van der Waals surface area contributed by atoms with Crippen molar-refractivity contribution in [2.45, 2.75) is 13.3 Å². The average Bonchev–Trinajstić information content (AvgIpc) is 2.42. The molecular weight excluding hydrogens is 232 g/mol. The highest BCUT2D eigenvalue weighted by Gasteiger charge is 2.08. The summed E-state index contributed by atoms with van der Waals surface area (Å²) in [6.07, 6.45) is 2.16. The Labute approximate surface area is 105 Å². The third-order valence-electron chi connectivity index (χ3n) is 2.11. The summed E-state index contributed by atoms with van der Waals surface area (Å²) >= 11 is 0. The van der Waals surface area contributed by atoms with Gasteiger partial charge in [0.05, 0.1) is 12.1 Å². The number of rotatable bonds is 5. The Morgan fingerprint density at radius 2 is 2.17 bits per heavy atom. The summed E-state index contributed by atoms with van der Waals surface area (Å²) in [5, 5.41) is 13.7. The standard InChI is InChI=1S/C12H14N4O2/c1-2-5-14-11(17)8-16-12(18)10-4-3-9(6-13)7-15-10/h3-4,7H,2,5,8H2,1H3,(H,14,17)(H,16,18). The second-order valence-corrected chi connectivity index (χ2v) is 3.58. The molecule has 0 saturated carbocycles. The summed E-state index contributed by atoms with van der Waals surface area (Å²) in [6, 6.07) is 4.85. The monoisotopic (exact) mass is 246 g/mol. The number of hydrogen-bond acceptors (Lipinski definition) is 4. The molecule has 2 amide bonds. The fourth-order valence-electron chi connectivity index (χ4n) is 1.17. The summed E-state index contributed by atoms with van der Waals surface area (Å²) in [5.41, 5.74) is 0.560. The van der Waals surface area contributed by atoms with Gasteiger partial charge in [-0.15, -0.1) is 0 Å². The molecule has 0 radical (unpaired) electrons. The van der Waals surface area contributed by atoms with Crippen LogP contribution in [0.25, 0.3) is 0 Å². The van der Waals surface area contributed by atoms with E-state index in [4.69, 9.17) is 5.26 Å². The molecule has 6 nitrogen and oxygen atoms in total. The van der Waals surface area contributed by atoms with Crippen molar-refractivity contribution in [2.75, 3.05) is 13.1 Å². The molecule has 0 unspecified atom stereocenters. The lowest BCUT2D eigenvalue weighted by atomic mass is 10.2. The molecule has 0 atom stereocenters. The highest BCUT2D eigenvalue weighted by molar-refractivity contribution is 5.94. The van der Waals surface area contributed by atoms with E-state index in [1.807, 2.05) is 13.0 Å². The third kappa shape index (κ3) is 4.22. The average molecular weight is 246 g/mol. The summed E-state index contributed by atoms with van der Waals surface area (Å²) in [6.45, 7) is 2.45. The van der Waals surface area contributed by atoms with E-state index in [1.165, 1.54) is 18.3 Å². The second kappa shape index (κ2) is 7.01. The van der Waals surface area contributed by atoms with Gasteiger partial charge >= 0.3 is 0 Å². The quantitative estimate of drug-likeness (QED) is 0.776. The van der Waals surface area contributed by atoms with E-state index in [2.05, 4.69) is 15.6 Å². The van der Waals surface area contributed by atoms with Gasteiger partial charge in [0.1, 0.15) is 11.8 Å². The van der Waals surface area contributed by atoms with Gasteiger partial charge in [0.15, 0.2) is 0 Å². The SMILES string of the molecule is CCCNC(=O)CNC(=O)c1ccc(C#N)cn1. The fourth-order valence-corrected chi connectivity index (χ4v) is 1.17. The lowest BCUT2D eigenvalue weighted by molar-refractivity contribution is -0.120. The number of nitrogens with zero attached hydrogens (tertiary/aromatic N) is 2. The van der Waals surface area contributed by atoms with E-state index in [9.17, 15) is 9.59 Å². The molecule has 0 aliphatic rings. The van der Waals surface area contributed by atoms with Crippen LogP contribution in [-0.2, 0) is 4.79 Å². The summed E-state index contributed by atoms with van der Waals surface area (Å²) in [4.78, 5) is 26.7. The normalized spacial score (nSPS) is 9.33. The maximum atomic E-state index is 11.6. The summed E-state index contributed by atoms with van der Waals surface area (Å²) in [5.74, 6) is -0.676. The van der Waals surface area contributed by atoms with Crippen molar-refractivity contribution in [1.29, 1.82) is 5.26 Å². The molecule has 94 valence electrons. The van der Waals surface area contributed by atoms with Gasteiger partial charge in [0.25, 0.3) is 5.91 Å². The molecule has 0 aliphatic carbocycles. The first-order valence-corrected chi connectivity index (χ1v) is 5.58. The van der Waals surface area contributed by atoms with Gasteiger partial charge in [-0.2, -0.15) is 5.26 Å². The maximum Gasteiger partial charge on any atom is 0.270 e. The second-order valence-electron chi connectivity index (χ2n) is 3.58. The summed E-state index contributed by atoms with van der Waals surface area (Å²) in [7, 11) is 0. The van der Waals surface area contributed by atoms with Crippen molar-refractivity contribution < 1.29 is 9.59 Å². The topological polar surface area (TPSA) is 94.9 Å². The summed E-state index contributed by atoms with van der Waals surface area (Å²) < 4.78 is 0. The molecule has 0 bridgehead atoms. The number of carbonyl (C=O) groups excluding carboxylic acids is 2. The van der Waals surface area contributed by atoms with Crippen molar-refractivity contribution in [3.8, 4) is 6.07 Å². The lowest BCUT2D eigenvalue weighted by Gasteiger charge is -2.05. The first-order valence-electron chi connectivity index (χ1n) is 5.58. The Morgan fingerprint density at radius 1 is 1.39 bits per heavy atom. The molecule has 0 aliphatic heterocycles. The molecule has 0 aromatic carbocycles. The van der Waals surface area contributed by atoms with Crippen molar-refractivity contribution in [1.82, 2.24) is 15.6 Å². The fraction of sp³-hybridized carbons (Fsp3) is 0.333. The zero-order valence-corrected chi connectivity index (χ0v) is 10.1. The Balaban J connectivity index is 2.45. The van der Waals surface area contributed by atoms with Crippen LogP contribution in [0, 0.1) is 11.3 Å². The predicted octanol–water partition coefficient (Wildman–Crippen LogP) is 0.209. The number of amides is 2. The van der Waals surface area contributed by atoms with E-state index >= 15 is 0 Å². The maximum absolute atomic E-state index is 11.6. The van der Waals surface area contributed by atoms with Crippen LogP contribution in [0.3, 0.4) is 0 Å². The van der Waals surface area contributed by atoms with Gasteiger partial charge in [0.2, 0.25) is 5.91 Å². The first kappa shape index (κ1) is 13.6. The van der Waals surface area contributed by atoms with E-state index in [0.717, 1.165) is 6.42 Å². The molecule has 1 aromatic rings. The Kier molecular flexibility index (Phi) is 5.32. The highest BCUT2D eigenvalue weighted by atomic mass is 16.2. The zero-order valence-electron chi connectivity index (χ0n) is 10.1. The zero-order chi connectivity index (χ0) is 13.4. The van der Waals surface area contributed by atoms with Crippen molar-refractivity contribution >= 4 is 11.8 Å². The third-order valence-corrected chi connectivity index (χ3v) is 2.11. The number of pyridine rings is 1. The first-order chi connectivity index (χ1) is 8.67. The predicted molar refractivity (Wildman–Crippen MR) is 64.6 cm³/mol. The molecule has 0 fully saturated rings. The molecule has 0 spiro atoms.